The van der Waals surface area contributed by atoms with E-state index < -0.39 is 0 Å². The molecule has 0 radical (unpaired) electrons. The smallest absolute Gasteiger partial charge is 0.175 e. The van der Waals surface area contributed by atoms with Crippen molar-refractivity contribution in [1.82, 2.24) is 24.5 Å². The van der Waals surface area contributed by atoms with Gasteiger partial charge in [0.1, 0.15) is 11.4 Å². The average Bonchev–Trinajstić information content (AvgIpc) is 2.82. The molecule has 0 aliphatic heterocycles. The Morgan fingerprint density at radius 1 is 1.56 bits per heavy atom. The van der Waals surface area contributed by atoms with E-state index in [1.165, 1.54) is 17.1 Å². The van der Waals surface area contributed by atoms with Crippen molar-refractivity contribution >= 4 is 23.3 Å². The van der Waals surface area contributed by atoms with Crippen LogP contribution >= 0.6 is 23.3 Å². The van der Waals surface area contributed by atoms with Crippen molar-refractivity contribution < 1.29 is 0 Å². The normalized spacial score (nSPS) is 10.9. The quantitative estimate of drug-likeness (QED) is 0.896. The molecule has 0 aliphatic rings. The van der Waals surface area contributed by atoms with Crippen LogP contribution in [0.2, 0.25) is 0 Å². The molecule has 0 saturated heterocycles. The number of aromatic nitrogens is 4. The highest BCUT2D eigenvalue weighted by atomic mass is 32.2. The Bertz CT molecular complexity index is 462. The lowest BCUT2D eigenvalue weighted by molar-refractivity contribution is 0.683. The third kappa shape index (κ3) is 2.26. The standard InChI is InChI=1S/C9H13N5S2/c1-6-7(4-10-2)8(14(3)13-6)15-9-11-5-12-16-9/h5,10H,4H2,1-3H3. The zero-order valence-corrected chi connectivity index (χ0v) is 11.0. The molecule has 0 saturated carbocycles. The summed E-state index contributed by atoms with van der Waals surface area (Å²) in [6.07, 6.45) is 1.58. The Morgan fingerprint density at radius 3 is 3.00 bits per heavy atom. The predicted molar refractivity (Wildman–Crippen MR) is 64.7 cm³/mol. The molecule has 0 bridgehead atoms. The molecule has 0 amide bonds. The van der Waals surface area contributed by atoms with Crippen LogP contribution in [0.15, 0.2) is 15.7 Å². The third-order valence-corrected chi connectivity index (χ3v) is 4.09. The van der Waals surface area contributed by atoms with Crippen LogP contribution in [0.3, 0.4) is 0 Å². The van der Waals surface area contributed by atoms with E-state index in [9.17, 15) is 0 Å². The highest BCUT2D eigenvalue weighted by Crippen LogP contribution is 2.31. The van der Waals surface area contributed by atoms with Crippen LogP contribution in [-0.2, 0) is 13.6 Å². The van der Waals surface area contributed by atoms with Crippen molar-refractivity contribution in [2.45, 2.75) is 22.8 Å². The number of hydrogen-bond donors (Lipinski definition) is 1. The van der Waals surface area contributed by atoms with Crippen molar-refractivity contribution in [3.63, 3.8) is 0 Å². The second-order valence-electron chi connectivity index (χ2n) is 3.33. The molecule has 16 heavy (non-hydrogen) atoms. The van der Waals surface area contributed by atoms with E-state index >= 15 is 0 Å². The molecular formula is C9H13N5S2. The Kier molecular flexibility index (Phi) is 3.57. The summed E-state index contributed by atoms with van der Waals surface area (Å²) >= 11 is 3.02. The number of nitrogens with one attached hydrogen (secondary N) is 1. The first-order valence-corrected chi connectivity index (χ1v) is 6.43. The van der Waals surface area contributed by atoms with E-state index in [2.05, 4.69) is 19.8 Å². The van der Waals surface area contributed by atoms with Crippen molar-refractivity contribution in [2.24, 2.45) is 7.05 Å². The zero-order chi connectivity index (χ0) is 11.5. The van der Waals surface area contributed by atoms with Crippen LogP contribution in [0, 0.1) is 6.92 Å². The maximum absolute atomic E-state index is 4.42. The van der Waals surface area contributed by atoms with Crippen molar-refractivity contribution in [2.75, 3.05) is 7.05 Å². The van der Waals surface area contributed by atoms with Gasteiger partial charge in [0.25, 0.3) is 0 Å². The van der Waals surface area contributed by atoms with E-state index in [-0.39, 0.29) is 0 Å². The fraction of sp³-hybridized carbons (Fsp3) is 0.444. The first kappa shape index (κ1) is 11.6. The maximum atomic E-state index is 4.42. The lowest BCUT2D eigenvalue weighted by Gasteiger charge is -2.03. The van der Waals surface area contributed by atoms with Gasteiger partial charge in [-0.2, -0.15) is 9.47 Å². The number of hydrogen-bond acceptors (Lipinski definition) is 6. The summed E-state index contributed by atoms with van der Waals surface area (Å²) in [6, 6.07) is 0. The monoisotopic (exact) mass is 255 g/mol. The first-order valence-electron chi connectivity index (χ1n) is 4.84. The van der Waals surface area contributed by atoms with Gasteiger partial charge in [0.2, 0.25) is 0 Å². The van der Waals surface area contributed by atoms with Crippen LogP contribution < -0.4 is 5.32 Å². The molecule has 2 aromatic heterocycles. The molecule has 0 atom stereocenters. The largest absolute Gasteiger partial charge is 0.316 e. The number of rotatable bonds is 4. The van der Waals surface area contributed by atoms with Gasteiger partial charge in [-0.3, -0.25) is 4.68 Å². The zero-order valence-electron chi connectivity index (χ0n) is 9.39. The summed E-state index contributed by atoms with van der Waals surface area (Å²) in [6.45, 7) is 2.84. The number of nitrogens with zero attached hydrogens (tertiary/aromatic N) is 4. The Morgan fingerprint density at radius 2 is 2.38 bits per heavy atom. The highest BCUT2D eigenvalue weighted by molar-refractivity contribution is 8.00. The molecule has 0 aromatic carbocycles. The topological polar surface area (TPSA) is 55.6 Å². The molecule has 2 aromatic rings. The Labute approximate surface area is 102 Å². The Hall–Kier alpha value is -0.920. The van der Waals surface area contributed by atoms with Gasteiger partial charge in [-0.25, -0.2) is 4.98 Å². The summed E-state index contributed by atoms with van der Waals surface area (Å²) in [5.41, 5.74) is 2.29. The van der Waals surface area contributed by atoms with Crippen LogP contribution in [0.1, 0.15) is 11.3 Å². The van der Waals surface area contributed by atoms with Gasteiger partial charge in [-0.15, -0.1) is 0 Å². The molecule has 86 valence electrons. The molecule has 7 heteroatoms. The van der Waals surface area contributed by atoms with E-state index in [0.717, 1.165) is 21.6 Å². The second kappa shape index (κ2) is 4.94. The molecule has 2 rings (SSSR count). The van der Waals surface area contributed by atoms with Crippen molar-refractivity contribution in [1.29, 1.82) is 0 Å². The lowest BCUT2D eigenvalue weighted by Crippen LogP contribution is -2.06. The molecule has 0 aliphatic carbocycles. The maximum Gasteiger partial charge on any atom is 0.175 e. The van der Waals surface area contributed by atoms with Gasteiger partial charge in [0.05, 0.1) is 5.69 Å². The molecule has 2 heterocycles. The fourth-order valence-corrected chi connectivity index (χ4v) is 3.05. The van der Waals surface area contributed by atoms with Crippen LogP contribution in [0.5, 0.6) is 0 Å². The third-order valence-electron chi connectivity index (χ3n) is 2.17. The highest BCUT2D eigenvalue weighted by Gasteiger charge is 2.14. The molecule has 0 spiro atoms. The van der Waals surface area contributed by atoms with Gasteiger partial charge in [0.15, 0.2) is 4.34 Å². The van der Waals surface area contributed by atoms with Gasteiger partial charge in [-0.05, 0) is 37.3 Å². The molecular weight excluding hydrogens is 242 g/mol. The van der Waals surface area contributed by atoms with Gasteiger partial charge in [0, 0.05) is 19.2 Å². The van der Waals surface area contributed by atoms with Crippen LogP contribution in [0.25, 0.3) is 0 Å². The van der Waals surface area contributed by atoms with E-state index in [1.54, 1.807) is 18.1 Å². The first-order chi connectivity index (χ1) is 7.72. The minimum absolute atomic E-state index is 0.820. The average molecular weight is 255 g/mol. The lowest BCUT2D eigenvalue weighted by atomic mass is 10.3. The summed E-state index contributed by atoms with van der Waals surface area (Å²) in [5, 5.41) is 8.71. The van der Waals surface area contributed by atoms with Gasteiger partial charge in [-0.1, -0.05) is 0 Å². The summed E-state index contributed by atoms with van der Waals surface area (Å²) in [4.78, 5) is 4.17. The summed E-state index contributed by atoms with van der Waals surface area (Å²) in [7, 11) is 3.89. The predicted octanol–water partition coefficient (Wildman–Crippen LogP) is 1.45. The van der Waals surface area contributed by atoms with E-state index in [1.807, 2.05) is 25.7 Å². The summed E-state index contributed by atoms with van der Waals surface area (Å²) < 4.78 is 6.84. The van der Waals surface area contributed by atoms with Crippen molar-refractivity contribution in [3.8, 4) is 0 Å². The SMILES string of the molecule is CNCc1c(C)nn(C)c1Sc1ncns1. The van der Waals surface area contributed by atoms with E-state index in [4.69, 9.17) is 0 Å². The summed E-state index contributed by atoms with van der Waals surface area (Å²) in [5.74, 6) is 0. The molecule has 1 N–H and O–H groups in total. The van der Waals surface area contributed by atoms with Crippen LogP contribution in [0.4, 0.5) is 0 Å². The minimum atomic E-state index is 0.820. The minimum Gasteiger partial charge on any atom is -0.316 e. The molecule has 0 fully saturated rings. The Balaban J connectivity index is 2.31. The van der Waals surface area contributed by atoms with Gasteiger partial charge < -0.3 is 5.32 Å². The molecule has 0 unspecified atom stereocenters. The fourth-order valence-electron chi connectivity index (χ4n) is 1.48. The van der Waals surface area contributed by atoms with Gasteiger partial charge >= 0.3 is 0 Å². The molecule has 5 nitrogen and oxygen atoms in total. The van der Waals surface area contributed by atoms with Crippen LogP contribution in [-0.4, -0.2) is 26.2 Å². The van der Waals surface area contributed by atoms with Crippen molar-refractivity contribution in [3.05, 3.63) is 17.6 Å². The second-order valence-corrected chi connectivity index (χ2v) is 5.35. The number of aryl methyl sites for hydroxylation is 2. The van der Waals surface area contributed by atoms with E-state index in [0.29, 0.717) is 0 Å².